The van der Waals surface area contributed by atoms with Crippen LogP contribution in [0.25, 0.3) is 0 Å². The summed E-state index contributed by atoms with van der Waals surface area (Å²) in [6.45, 7) is 2.03. The van der Waals surface area contributed by atoms with Crippen LogP contribution in [0.5, 0.6) is 0 Å². The highest BCUT2D eigenvalue weighted by atomic mass is 35.5. The Kier molecular flexibility index (Phi) is 5.11. The monoisotopic (exact) mass is 322 g/mol. The van der Waals surface area contributed by atoms with Crippen molar-refractivity contribution in [3.8, 4) is 0 Å². The molecule has 0 atom stereocenters. The van der Waals surface area contributed by atoms with Crippen LogP contribution < -0.4 is 5.32 Å². The third-order valence-electron chi connectivity index (χ3n) is 2.99. The standard InChI is InChI=1S/C14H15ClN4O3/c1-9-6-10(2-3-11(9)15)4-5-16-14(22)12-7-19(18-17-12)8-13(20)21/h2-3,6-7H,4-5,8H2,1H3,(H,16,22)(H,20,21). The molecule has 0 bridgehead atoms. The number of hydrogen-bond acceptors (Lipinski definition) is 4. The Hall–Kier alpha value is -2.41. The summed E-state index contributed by atoms with van der Waals surface area (Å²) in [7, 11) is 0. The minimum Gasteiger partial charge on any atom is -0.480 e. The number of amides is 1. The number of nitrogens with one attached hydrogen (secondary N) is 1. The van der Waals surface area contributed by atoms with E-state index in [2.05, 4.69) is 15.6 Å². The van der Waals surface area contributed by atoms with Gasteiger partial charge in [-0.15, -0.1) is 5.10 Å². The molecule has 7 nitrogen and oxygen atoms in total. The van der Waals surface area contributed by atoms with Crippen LogP contribution in [0, 0.1) is 6.92 Å². The van der Waals surface area contributed by atoms with E-state index >= 15 is 0 Å². The lowest BCUT2D eigenvalue weighted by Gasteiger charge is -2.05. The average Bonchev–Trinajstić information content (AvgIpc) is 2.90. The molecule has 2 aromatic rings. The van der Waals surface area contributed by atoms with E-state index in [0.717, 1.165) is 15.8 Å². The van der Waals surface area contributed by atoms with E-state index < -0.39 is 5.97 Å². The highest BCUT2D eigenvalue weighted by molar-refractivity contribution is 6.31. The van der Waals surface area contributed by atoms with Crippen molar-refractivity contribution in [2.75, 3.05) is 6.54 Å². The second-order valence-electron chi connectivity index (χ2n) is 4.78. The first kappa shape index (κ1) is 16.0. The smallest absolute Gasteiger partial charge is 0.325 e. The number of aliphatic carboxylic acids is 1. The number of halogens is 1. The Bertz CT molecular complexity index is 699. The maximum Gasteiger partial charge on any atom is 0.325 e. The molecule has 8 heteroatoms. The quantitative estimate of drug-likeness (QED) is 0.835. The van der Waals surface area contributed by atoms with Crippen LogP contribution in [-0.4, -0.2) is 38.5 Å². The van der Waals surface area contributed by atoms with Gasteiger partial charge in [-0.05, 0) is 30.5 Å². The molecule has 1 amide bonds. The third-order valence-corrected chi connectivity index (χ3v) is 3.41. The molecule has 1 heterocycles. The summed E-state index contributed by atoms with van der Waals surface area (Å²) in [5.41, 5.74) is 2.15. The number of hydrogen-bond donors (Lipinski definition) is 2. The first-order valence-corrected chi connectivity index (χ1v) is 6.98. The number of carboxylic acids is 1. The lowest BCUT2D eigenvalue weighted by molar-refractivity contribution is -0.137. The van der Waals surface area contributed by atoms with E-state index in [1.807, 2.05) is 25.1 Å². The number of carbonyl (C=O) groups excluding carboxylic acids is 1. The van der Waals surface area contributed by atoms with Gasteiger partial charge >= 0.3 is 5.97 Å². The van der Waals surface area contributed by atoms with Gasteiger partial charge in [0, 0.05) is 11.6 Å². The summed E-state index contributed by atoms with van der Waals surface area (Å²) >= 11 is 5.95. The van der Waals surface area contributed by atoms with Crippen LogP contribution in [0.1, 0.15) is 21.6 Å². The molecule has 0 saturated heterocycles. The normalized spacial score (nSPS) is 10.5. The van der Waals surface area contributed by atoms with E-state index in [1.54, 1.807) is 0 Å². The third kappa shape index (κ3) is 4.29. The van der Waals surface area contributed by atoms with Crippen LogP contribution in [0.15, 0.2) is 24.4 Å². The van der Waals surface area contributed by atoms with Gasteiger partial charge in [0.15, 0.2) is 5.69 Å². The summed E-state index contributed by atoms with van der Waals surface area (Å²) in [6, 6.07) is 5.70. The fourth-order valence-electron chi connectivity index (χ4n) is 1.89. The molecule has 0 spiro atoms. The maximum absolute atomic E-state index is 11.9. The molecule has 0 aliphatic heterocycles. The summed E-state index contributed by atoms with van der Waals surface area (Å²) in [4.78, 5) is 22.4. The van der Waals surface area contributed by atoms with Crippen molar-refractivity contribution < 1.29 is 14.7 Å². The van der Waals surface area contributed by atoms with Gasteiger partial charge < -0.3 is 10.4 Å². The molecule has 0 saturated carbocycles. The van der Waals surface area contributed by atoms with Gasteiger partial charge in [0.05, 0.1) is 6.20 Å². The first-order chi connectivity index (χ1) is 10.5. The zero-order valence-electron chi connectivity index (χ0n) is 11.9. The number of nitrogens with zero attached hydrogens (tertiary/aromatic N) is 3. The van der Waals surface area contributed by atoms with Crippen molar-refractivity contribution in [1.82, 2.24) is 20.3 Å². The van der Waals surface area contributed by atoms with Crippen molar-refractivity contribution in [2.24, 2.45) is 0 Å². The molecule has 116 valence electrons. The number of aromatic nitrogens is 3. The largest absolute Gasteiger partial charge is 0.480 e. The molecule has 0 aliphatic carbocycles. The first-order valence-electron chi connectivity index (χ1n) is 6.61. The Balaban J connectivity index is 1.85. The minimum atomic E-state index is -1.05. The Labute approximate surface area is 131 Å². The van der Waals surface area contributed by atoms with E-state index in [1.165, 1.54) is 6.20 Å². The Morgan fingerprint density at radius 3 is 2.86 bits per heavy atom. The molecule has 0 unspecified atom stereocenters. The Morgan fingerprint density at radius 1 is 1.41 bits per heavy atom. The van der Waals surface area contributed by atoms with Gasteiger partial charge in [-0.25, -0.2) is 4.68 Å². The van der Waals surface area contributed by atoms with Gasteiger partial charge in [0.1, 0.15) is 6.54 Å². The predicted molar refractivity (Wildman–Crippen MR) is 79.9 cm³/mol. The number of carboxylic acid groups (broad SMARTS) is 1. The SMILES string of the molecule is Cc1cc(CCNC(=O)c2cn(CC(=O)O)nn2)ccc1Cl. The van der Waals surface area contributed by atoms with Gasteiger partial charge in [0.2, 0.25) is 0 Å². The average molecular weight is 323 g/mol. The molecular formula is C14H15ClN4O3. The molecule has 1 aromatic carbocycles. The van der Waals surface area contributed by atoms with Gasteiger partial charge in [-0.2, -0.15) is 0 Å². The van der Waals surface area contributed by atoms with Crippen molar-refractivity contribution in [2.45, 2.75) is 19.9 Å². The van der Waals surface area contributed by atoms with Crippen LogP contribution in [0.3, 0.4) is 0 Å². The number of rotatable bonds is 6. The van der Waals surface area contributed by atoms with Crippen LogP contribution in [0.4, 0.5) is 0 Å². The van der Waals surface area contributed by atoms with Gasteiger partial charge in [-0.3, -0.25) is 9.59 Å². The van der Waals surface area contributed by atoms with Crippen molar-refractivity contribution in [3.05, 3.63) is 46.2 Å². The molecule has 1 aromatic heterocycles. The van der Waals surface area contributed by atoms with Crippen LogP contribution >= 0.6 is 11.6 Å². The minimum absolute atomic E-state index is 0.0912. The lowest BCUT2D eigenvalue weighted by Crippen LogP contribution is -2.26. The molecule has 22 heavy (non-hydrogen) atoms. The summed E-state index contributed by atoms with van der Waals surface area (Å²) in [5.74, 6) is -1.43. The summed E-state index contributed by atoms with van der Waals surface area (Å²) in [6.07, 6.45) is 1.96. The van der Waals surface area contributed by atoms with Crippen molar-refractivity contribution in [1.29, 1.82) is 0 Å². The lowest BCUT2D eigenvalue weighted by atomic mass is 10.1. The van der Waals surface area contributed by atoms with E-state index in [9.17, 15) is 9.59 Å². The van der Waals surface area contributed by atoms with Crippen molar-refractivity contribution in [3.63, 3.8) is 0 Å². The van der Waals surface area contributed by atoms with E-state index in [0.29, 0.717) is 18.0 Å². The predicted octanol–water partition coefficient (Wildman–Crippen LogP) is 1.30. The second kappa shape index (κ2) is 7.04. The van der Waals surface area contributed by atoms with Crippen LogP contribution in [0.2, 0.25) is 5.02 Å². The molecule has 2 rings (SSSR count). The summed E-state index contributed by atoms with van der Waals surface area (Å²) < 4.78 is 1.10. The molecule has 2 N–H and O–H groups in total. The van der Waals surface area contributed by atoms with Crippen LogP contribution in [-0.2, 0) is 17.8 Å². The van der Waals surface area contributed by atoms with Gasteiger partial charge in [0.25, 0.3) is 5.91 Å². The molecule has 0 radical (unpaired) electrons. The molecule has 0 aliphatic rings. The number of carbonyl (C=O) groups is 2. The zero-order chi connectivity index (χ0) is 16.1. The van der Waals surface area contributed by atoms with Gasteiger partial charge in [-0.1, -0.05) is 28.9 Å². The fourth-order valence-corrected chi connectivity index (χ4v) is 2.01. The van der Waals surface area contributed by atoms with E-state index in [-0.39, 0.29) is 18.1 Å². The zero-order valence-corrected chi connectivity index (χ0v) is 12.7. The summed E-state index contributed by atoms with van der Waals surface area (Å²) in [5, 5.41) is 19.3. The fraction of sp³-hybridized carbons (Fsp3) is 0.286. The topological polar surface area (TPSA) is 97.1 Å². The Morgan fingerprint density at radius 2 is 2.18 bits per heavy atom. The molecule has 0 fully saturated rings. The van der Waals surface area contributed by atoms with Crippen molar-refractivity contribution >= 4 is 23.5 Å². The number of benzene rings is 1. The molecular weight excluding hydrogens is 308 g/mol. The van der Waals surface area contributed by atoms with E-state index in [4.69, 9.17) is 16.7 Å². The highest BCUT2D eigenvalue weighted by Gasteiger charge is 2.11. The second-order valence-corrected chi connectivity index (χ2v) is 5.19. The maximum atomic E-state index is 11.9. The number of aryl methyl sites for hydroxylation is 1. The highest BCUT2D eigenvalue weighted by Crippen LogP contribution is 2.16.